The van der Waals surface area contributed by atoms with Gasteiger partial charge in [-0.15, -0.1) is 0 Å². The summed E-state index contributed by atoms with van der Waals surface area (Å²) in [5.41, 5.74) is 1.07. The number of halogens is 2. The summed E-state index contributed by atoms with van der Waals surface area (Å²) in [6.45, 7) is 3.90. The van der Waals surface area contributed by atoms with Crippen molar-refractivity contribution in [3.05, 3.63) is 59.7 Å². The SMILES string of the molecule is COc1ccc([C@H](NC(=O)c2ccc(S(=O)(=O)C(F)F)cc2)C(C)C)cc1. The molecule has 0 aromatic heterocycles. The Kier molecular flexibility index (Phi) is 6.54. The Bertz CT molecular complexity index is 879. The summed E-state index contributed by atoms with van der Waals surface area (Å²) in [6.07, 6.45) is 0. The molecule has 5 nitrogen and oxygen atoms in total. The number of amides is 1. The van der Waals surface area contributed by atoms with Crippen molar-refractivity contribution in [1.29, 1.82) is 0 Å². The summed E-state index contributed by atoms with van der Waals surface area (Å²) >= 11 is 0. The van der Waals surface area contributed by atoms with Crippen LogP contribution in [0.1, 0.15) is 35.8 Å². The summed E-state index contributed by atoms with van der Waals surface area (Å²) < 4.78 is 53.2. The molecule has 0 saturated carbocycles. The second-order valence-corrected chi connectivity index (χ2v) is 8.22. The van der Waals surface area contributed by atoms with Crippen LogP contribution >= 0.6 is 0 Å². The number of hydrogen-bond donors (Lipinski definition) is 1. The van der Waals surface area contributed by atoms with Crippen molar-refractivity contribution in [2.24, 2.45) is 5.92 Å². The van der Waals surface area contributed by atoms with Gasteiger partial charge in [0.2, 0.25) is 9.84 Å². The van der Waals surface area contributed by atoms with Gasteiger partial charge in [-0.1, -0.05) is 26.0 Å². The van der Waals surface area contributed by atoms with Gasteiger partial charge in [0.05, 0.1) is 18.0 Å². The normalized spacial score (nSPS) is 12.9. The lowest BCUT2D eigenvalue weighted by Gasteiger charge is -2.23. The maximum absolute atomic E-state index is 12.6. The van der Waals surface area contributed by atoms with Crippen LogP contribution in [-0.2, 0) is 9.84 Å². The highest BCUT2D eigenvalue weighted by molar-refractivity contribution is 7.91. The van der Waals surface area contributed by atoms with Gasteiger partial charge in [-0.2, -0.15) is 8.78 Å². The highest BCUT2D eigenvalue weighted by Gasteiger charge is 2.27. The van der Waals surface area contributed by atoms with Crippen LogP contribution in [0.3, 0.4) is 0 Å². The number of carbonyl (C=O) groups is 1. The molecule has 2 aromatic carbocycles. The van der Waals surface area contributed by atoms with Crippen LogP contribution in [0, 0.1) is 5.92 Å². The van der Waals surface area contributed by atoms with E-state index in [4.69, 9.17) is 4.74 Å². The van der Waals surface area contributed by atoms with Crippen LogP contribution in [-0.4, -0.2) is 27.2 Å². The lowest BCUT2D eigenvalue weighted by molar-refractivity contribution is 0.0925. The van der Waals surface area contributed by atoms with E-state index in [9.17, 15) is 22.0 Å². The standard InChI is InChI=1S/C19H21F2NO4S/c1-12(2)17(13-4-8-15(26-3)9-5-13)22-18(23)14-6-10-16(11-7-14)27(24,25)19(20)21/h4-12,17,19H,1-3H3,(H,22,23)/t17-/m1/s1. The summed E-state index contributed by atoms with van der Waals surface area (Å²) in [5.74, 6) is -3.15. The van der Waals surface area contributed by atoms with E-state index in [1.807, 2.05) is 26.0 Å². The Morgan fingerprint density at radius 2 is 1.56 bits per heavy atom. The van der Waals surface area contributed by atoms with E-state index in [0.717, 1.165) is 17.7 Å². The quantitative estimate of drug-likeness (QED) is 0.771. The molecule has 8 heteroatoms. The lowest BCUT2D eigenvalue weighted by atomic mass is 9.95. The first kappa shape index (κ1) is 20.8. The third kappa shape index (κ3) is 4.82. The largest absolute Gasteiger partial charge is 0.497 e. The topological polar surface area (TPSA) is 72.5 Å². The van der Waals surface area contributed by atoms with Gasteiger partial charge in [-0.05, 0) is 47.9 Å². The number of nitrogens with one attached hydrogen (secondary N) is 1. The molecule has 0 heterocycles. The molecule has 0 aliphatic rings. The first-order valence-corrected chi connectivity index (χ1v) is 9.78. The molecule has 2 rings (SSSR count). The molecule has 1 N–H and O–H groups in total. The first-order chi connectivity index (χ1) is 12.7. The highest BCUT2D eigenvalue weighted by atomic mass is 32.2. The van der Waals surface area contributed by atoms with Crippen LogP contribution in [0.5, 0.6) is 5.75 Å². The van der Waals surface area contributed by atoms with Crippen LogP contribution in [0.15, 0.2) is 53.4 Å². The molecule has 0 radical (unpaired) electrons. The molecule has 0 aliphatic carbocycles. The van der Waals surface area contributed by atoms with E-state index in [1.165, 1.54) is 12.1 Å². The van der Waals surface area contributed by atoms with Crippen LogP contribution in [0.4, 0.5) is 8.78 Å². The number of alkyl halides is 2. The van der Waals surface area contributed by atoms with Crippen molar-refractivity contribution in [3.63, 3.8) is 0 Å². The number of sulfone groups is 1. The number of ether oxygens (including phenoxy) is 1. The number of hydrogen-bond acceptors (Lipinski definition) is 4. The minimum absolute atomic E-state index is 0.0841. The van der Waals surface area contributed by atoms with Crippen molar-refractivity contribution < 1.29 is 26.7 Å². The van der Waals surface area contributed by atoms with Gasteiger partial charge in [0.1, 0.15) is 5.75 Å². The first-order valence-electron chi connectivity index (χ1n) is 8.23. The molecule has 1 amide bonds. The molecule has 0 bridgehead atoms. The molecule has 0 unspecified atom stereocenters. The van der Waals surface area contributed by atoms with Crippen molar-refractivity contribution in [3.8, 4) is 5.75 Å². The van der Waals surface area contributed by atoms with E-state index >= 15 is 0 Å². The monoisotopic (exact) mass is 397 g/mol. The summed E-state index contributed by atoms with van der Waals surface area (Å²) in [7, 11) is -3.12. The van der Waals surface area contributed by atoms with Crippen LogP contribution in [0.2, 0.25) is 0 Å². The summed E-state index contributed by atoms with van der Waals surface area (Å²) in [4.78, 5) is 12.0. The third-order valence-corrected chi connectivity index (χ3v) is 5.51. The fourth-order valence-electron chi connectivity index (χ4n) is 2.57. The lowest BCUT2D eigenvalue weighted by Crippen LogP contribution is -2.31. The van der Waals surface area contributed by atoms with Crippen molar-refractivity contribution in [1.82, 2.24) is 5.32 Å². The van der Waals surface area contributed by atoms with E-state index in [0.29, 0.717) is 5.75 Å². The van der Waals surface area contributed by atoms with E-state index in [-0.39, 0.29) is 17.5 Å². The smallest absolute Gasteiger partial charge is 0.341 e. The Hall–Kier alpha value is -2.48. The van der Waals surface area contributed by atoms with Gasteiger partial charge in [0, 0.05) is 5.56 Å². The third-order valence-electron chi connectivity index (χ3n) is 4.11. The Labute approximate surface area is 157 Å². The second-order valence-electron chi connectivity index (χ2n) is 6.30. The number of rotatable bonds is 7. The van der Waals surface area contributed by atoms with Crippen molar-refractivity contribution in [2.45, 2.75) is 30.5 Å². The predicted molar refractivity (Wildman–Crippen MR) is 97.7 cm³/mol. The molecule has 27 heavy (non-hydrogen) atoms. The maximum Gasteiger partial charge on any atom is 0.341 e. The number of benzene rings is 2. The van der Waals surface area contributed by atoms with Crippen molar-refractivity contribution in [2.75, 3.05) is 7.11 Å². The minimum Gasteiger partial charge on any atom is -0.497 e. The second kappa shape index (κ2) is 8.47. The molecular formula is C19H21F2NO4S. The molecule has 146 valence electrons. The zero-order valence-corrected chi connectivity index (χ0v) is 16.0. The van der Waals surface area contributed by atoms with Gasteiger partial charge < -0.3 is 10.1 Å². The van der Waals surface area contributed by atoms with Crippen molar-refractivity contribution >= 4 is 15.7 Å². The molecular weight excluding hydrogens is 376 g/mol. The number of methoxy groups -OCH3 is 1. The Morgan fingerprint density at radius 1 is 1.00 bits per heavy atom. The molecule has 0 aliphatic heterocycles. The molecule has 0 saturated heterocycles. The average molecular weight is 397 g/mol. The fraction of sp³-hybridized carbons (Fsp3) is 0.316. The molecule has 0 fully saturated rings. The van der Waals surface area contributed by atoms with Crippen LogP contribution < -0.4 is 10.1 Å². The average Bonchev–Trinajstić information content (AvgIpc) is 2.65. The molecule has 1 atom stereocenters. The summed E-state index contributed by atoms with van der Waals surface area (Å²) in [6, 6.07) is 11.5. The van der Waals surface area contributed by atoms with Gasteiger partial charge >= 0.3 is 5.76 Å². The minimum atomic E-state index is -4.68. The summed E-state index contributed by atoms with van der Waals surface area (Å²) in [5, 5.41) is 2.89. The van der Waals surface area contributed by atoms with Crippen LogP contribution in [0.25, 0.3) is 0 Å². The van der Waals surface area contributed by atoms with Gasteiger partial charge in [-0.25, -0.2) is 8.42 Å². The van der Waals surface area contributed by atoms with Gasteiger partial charge in [-0.3, -0.25) is 4.79 Å². The maximum atomic E-state index is 12.6. The van der Waals surface area contributed by atoms with E-state index < -0.39 is 26.4 Å². The Morgan fingerprint density at radius 3 is 2.00 bits per heavy atom. The zero-order chi connectivity index (χ0) is 20.2. The highest BCUT2D eigenvalue weighted by Crippen LogP contribution is 2.25. The molecule has 0 spiro atoms. The Balaban J connectivity index is 2.20. The molecule has 2 aromatic rings. The van der Waals surface area contributed by atoms with Gasteiger partial charge in [0.25, 0.3) is 5.91 Å². The van der Waals surface area contributed by atoms with Gasteiger partial charge in [0.15, 0.2) is 0 Å². The zero-order valence-electron chi connectivity index (χ0n) is 15.1. The predicted octanol–water partition coefficient (Wildman–Crippen LogP) is 3.82. The fourth-order valence-corrected chi connectivity index (χ4v) is 3.29. The van der Waals surface area contributed by atoms with E-state index in [1.54, 1.807) is 19.2 Å². The van der Waals surface area contributed by atoms with E-state index in [2.05, 4.69) is 5.32 Å². The number of carbonyl (C=O) groups excluding carboxylic acids is 1.